The quantitative estimate of drug-likeness (QED) is 0.491. The van der Waals surface area contributed by atoms with Crippen LogP contribution in [0.4, 0.5) is 17.1 Å². The van der Waals surface area contributed by atoms with E-state index in [1.807, 2.05) is 0 Å². The largest absolute Gasteiger partial charge is 0.396 e. The second-order valence-corrected chi connectivity index (χ2v) is 7.86. The van der Waals surface area contributed by atoms with Gasteiger partial charge in [0.15, 0.2) is 0 Å². The molecule has 3 aromatic carbocycles. The van der Waals surface area contributed by atoms with Gasteiger partial charge in [0.25, 0.3) is 0 Å². The Balaban J connectivity index is 2.05. The van der Waals surface area contributed by atoms with Crippen molar-refractivity contribution in [2.75, 3.05) is 11.5 Å². The average molecular weight is 374 g/mol. The Bertz CT molecular complexity index is 895. The van der Waals surface area contributed by atoms with Crippen LogP contribution in [0.1, 0.15) is 48.4 Å². The third-order valence-corrected chi connectivity index (χ3v) is 5.25. The molecule has 3 rings (SSSR count). The summed E-state index contributed by atoms with van der Waals surface area (Å²) in [7, 11) is 0. The Kier molecular flexibility index (Phi) is 6.53. The first-order chi connectivity index (χ1) is 13.5. The molecule has 2 nitrogen and oxygen atoms in total. The lowest BCUT2D eigenvalue weighted by Gasteiger charge is -2.27. The summed E-state index contributed by atoms with van der Waals surface area (Å²) in [5.74, 6) is 0.487. The van der Waals surface area contributed by atoms with E-state index in [1.54, 1.807) is 0 Å². The van der Waals surface area contributed by atoms with Gasteiger partial charge in [0.05, 0.1) is 0 Å². The molecule has 3 aromatic rings. The van der Waals surface area contributed by atoms with Gasteiger partial charge in [-0.2, -0.15) is 0 Å². The number of hydrogen-bond donors (Lipinski definition) is 1. The van der Waals surface area contributed by atoms with E-state index >= 15 is 0 Å². The first kappa shape index (κ1) is 20.2. The number of aryl methyl sites for hydroxylation is 3. The molecule has 28 heavy (non-hydrogen) atoms. The van der Waals surface area contributed by atoms with Crippen LogP contribution >= 0.6 is 0 Å². The minimum Gasteiger partial charge on any atom is -0.396 e. The van der Waals surface area contributed by atoms with Crippen LogP contribution in [0.25, 0.3) is 0 Å². The van der Waals surface area contributed by atoms with Crippen molar-refractivity contribution in [3.63, 3.8) is 0 Å². The van der Waals surface area contributed by atoms with Gasteiger partial charge in [-0.1, -0.05) is 49.7 Å². The molecular formula is C26H31NO. The monoisotopic (exact) mass is 373 g/mol. The molecule has 1 N–H and O–H groups in total. The molecule has 0 heterocycles. The van der Waals surface area contributed by atoms with Gasteiger partial charge in [0.2, 0.25) is 0 Å². The minimum absolute atomic E-state index is 0.235. The van der Waals surface area contributed by atoms with Crippen molar-refractivity contribution >= 4 is 17.1 Å². The molecule has 146 valence electrons. The standard InChI is InChI=1S/C26H31NO/c1-19(2)26-18-25(14-9-21(26)4)27(23-12-7-20(3)8-13-23)24-15-10-22(11-16-24)6-5-17-28/h7-16,18-19,28H,5-6,17H2,1-4H3. The number of aliphatic hydroxyl groups excluding tert-OH is 1. The molecule has 2 heteroatoms. The van der Waals surface area contributed by atoms with E-state index in [-0.39, 0.29) is 6.61 Å². The van der Waals surface area contributed by atoms with Gasteiger partial charge < -0.3 is 10.0 Å². The topological polar surface area (TPSA) is 23.5 Å². The molecule has 0 aliphatic rings. The van der Waals surface area contributed by atoms with Crippen molar-refractivity contribution in [2.24, 2.45) is 0 Å². The summed E-state index contributed by atoms with van der Waals surface area (Å²) in [5, 5.41) is 9.08. The first-order valence-electron chi connectivity index (χ1n) is 10.2. The number of rotatable bonds is 7. The highest BCUT2D eigenvalue weighted by molar-refractivity contribution is 5.77. The van der Waals surface area contributed by atoms with E-state index in [2.05, 4.69) is 99.3 Å². The molecule has 0 amide bonds. The summed E-state index contributed by atoms with van der Waals surface area (Å²) in [6, 6.07) is 24.1. The third-order valence-electron chi connectivity index (χ3n) is 5.25. The Morgan fingerprint density at radius 3 is 1.93 bits per heavy atom. The van der Waals surface area contributed by atoms with E-state index in [0.717, 1.165) is 24.2 Å². The highest BCUT2D eigenvalue weighted by Crippen LogP contribution is 2.36. The van der Waals surface area contributed by atoms with Gasteiger partial charge in [-0.05, 0) is 85.7 Å². The first-order valence-corrected chi connectivity index (χ1v) is 10.2. The number of anilines is 3. The minimum atomic E-state index is 0.235. The molecule has 0 saturated carbocycles. The summed E-state index contributed by atoms with van der Waals surface area (Å²) in [6.07, 6.45) is 1.71. The lowest BCUT2D eigenvalue weighted by Crippen LogP contribution is -2.11. The summed E-state index contributed by atoms with van der Waals surface area (Å²) in [4.78, 5) is 2.32. The van der Waals surface area contributed by atoms with E-state index in [9.17, 15) is 0 Å². The molecule has 0 aromatic heterocycles. The maximum Gasteiger partial charge on any atom is 0.0464 e. The van der Waals surface area contributed by atoms with Gasteiger partial charge in [-0.25, -0.2) is 0 Å². The highest BCUT2D eigenvalue weighted by atomic mass is 16.2. The number of benzene rings is 3. The van der Waals surface area contributed by atoms with E-state index in [0.29, 0.717) is 5.92 Å². The zero-order valence-electron chi connectivity index (χ0n) is 17.4. The van der Waals surface area contributed by atoms with E-state index in [4.69, 9.17) is 5.11 Å². The van der Waals surface area contributed by atoms with Crippen LogP contribution in [0.5, 0.6) is 0 Å². The van der Waals surface area contributed by atoms with Crippen molar-refractivity contribution in [2.45, 2.75) is 46.5 Å². The van der Waals surface area contributed by atoms with Gasteiger partial charge in [0, 0.05) is 23.7 Å². The number of hydrogen-bond acceptors (Lipinski definition) is 2. The zero-order valence-corrected chi connectivity index (χ0v) is 17.4. The van der Waals surface area contributed by atoms with Crippen LogP contribution < -0.4 is 4.90 Å². The fraction of sp³-hybridized carbons (Fsp3) is 0.308. The number of nitrogens with zero attached hydrogens (tertiary/aromatic N) is 1. The summed E-state index contributed by atoms with van der Waals surface area (Å²) in [5.41, 5.74) is 8.73. The SMILES string of the molecule is Cc1ccc(N(c2ccc(CCCO)cc2)c2ccc(C)c(C(C)C)c2)cc1. The summed E-state index contributed by atoms with van der Waals surface area (Å²) in [6.45, 7) is 9.03. The van der Waals surface area contributed by atoms with Crippen LogP contribution in [-0.2, 0) is 6.42 Å². The van der Waals surface area contributed by atoms with E-state index in [1.165, 1.54) is 27.9 Å². The second kappa shape index (κ2) is 9.07. The highest BCUT2D eigenvalue weighted by Gasteiger charge is 2.14. The predicted molar refractivity (Wildman–Crippen MR) is 120 cm³/mol. The predicted octanol–water partition coefficient (Wildman–Crippen LogP) is 6.82. The van der Waals surface area contributed by atoms with Gasteiger partial charge in [0.1, 0.15) is 0 Å². The molecule has 0 bridgehead atoms. The Labute approximate surface area is 169 Å². The van der Waals surface area contributed by atoms with Crippen LogP contribution in [0.3, 0.4) is 0 Å². The maximum atomic E-state index is 9.08. The van der Waals surface area contributed by atoms with Crippen LogP contribution in [0.2, 0.25) is 0 Å². The molecule has 0 fully saturated rings. The normalized spacial score (nSPS) is 11.1. The molecule has 0 spiro atoms. The number of aliphatic hydroxyl groups is 1. The molecule has 0 saturated heterocycles. The van der Waals surface area contributed by atoms with Crippen LogP contribution in [0, 0.1) is 13.8 Å². The van der Waals surface area contributed by atoms with Crippen LogP contribution in [-0.4, -0.2) is 11.7 Å². The van der Waals surface area contributed by atoms with Crippen molar-refractivity contribution < 1.29 is 5.11 Å². The molecule has 0 aliphatic heterocycles. The van der Waals surface area contributed by atoms with Crippen molar-refractivity contribution in [1.29, 1.82) is 0 Å². The Morgan fingerprint density at radius 2 is 1.36 bits per heavy atom. The molecule has 0 atom stereocenters. The third kappa shape index (κ3) is 4.63. The Hall–Kier alpha value is -2.58. The van der Waals surface area contributed by atoms with Gasteiger partial charge >= 0.3 is 0 Å². The fourth-order valence-electron chi connectivity index (χ4n) is 3.62. The van der Waals surface area contributed by atoms with Gasteiger partial charge in [-0.3, -0.25) is 0 Å². The fourth-order valence-corrected chi connectivity index (χ4v) is 3.62. The molecule has 0 aliphatic carbocycles. The maximum absolute atomic E-state index is 9.08. The van der Waals surface area contributed by atoms with Crippen molar-refractivity contribution in [3.05, 3.63) is 89.0 Å². The van der Waals surface area contributed by atoms with Crippen molar-refractivity contribution in [1.82, 2.24) is 0 Å². The lowest BCUT2D eigenvalue weighted by atomic mass is 9.97. The van der Waals surface area contributed by atoms with Crippen molar-refractivity contribution in [3.8, 4) is 0 Å². The second-order valence-electron chi connectivity index (χ2n) is 7.86. The smallest absolute Gasteiger partial charge is 0.0464 e. The molecule has 0 unspecified atom stereocenters. The van der Waals surface area contributed by atoms with Gasteiger partial charge in [-0.15, -0.1) is 0 Å². The van der Waals surface area contributed by atoms with Crippen LogP contribution in [0.15, 0.2) is 66.7 Å². The lowest BCUT2D eigenvalue weighted by molar-refractivity contribution is 0.288. The Morgan fingerprint density at radius 1 is 0.786 bits per heavy atom. The van der Waals surface area contributed by atoms with E-state index < -0.39 is 0 Å². The molecular weight excluding hydrogens is 342 g/mol. The zero-order chi connectivity index (χ0) is 20.1. The average Bonchev–Trinajstić information content (AvgIpc) is 2.70. The molecule has 0 radical (unpaired) electrons. The summed E-state index contributed by atoms with van der Waals surface area (Å²) < 4.78 is 0. The summed E-state index contributed by atoms with van der Waals surface area (Å²) >= 11 is 0.